The Balaban J connectivity index is 2.54. The molecule has 2 heterocycles. The SMILES string of the molecule is Cc1cc(-c2ccoc2C=O)cnc1C. The van der Waals surface area contributed by atoms with E-state index in [0.29, 0.717) is 12.0 Å². The molecule has 0 saturated carbocycles. The third-order valence-corrected chi connectivity index (χ3v) is 2.45. The summed E-state index contributed by atoms with van der Waals surface area (Å²) in [5.74, 6) is 0.347. The lowest BCUT2D eigenvalue weighted by atomic mass is 10.1. The van der Waals surface area contributed by atoms with Gasteiger partial charge in [-0.1, -0.05) is 0 Å². The zero-order valence-corrected chi connectivity index (χ0v) is 8.65. The molecular weight excluding hydrogens is 190 g/mol. The zero-order chi connectivity index (χ0) is 10.8. The first-order valence-electron chi connectivity index (χ1n) is 4.68. The highest BCUT2D eigenvalue weighted by Crippen LogP contribution is 2.24. The van der Waals surface area contributed by atoms with Crippen molar-refractivity contribution in [1.82, 2.24) is 4.98 Å². The van der Waals surface area contributed by atoms with Crippen molar-refractivity contribution in [2.75, 3.05) is 0 Å². The summed E-state index contributed by atoms with van der Waals surface area (Å²) in [7, 11) is 0. The van der Waals surface area contributed by atoms with Crippen LogP contribution in [-0.2, 0) is 0 Å². The van der Waals surface area contributed by atoms with Crippen LogP contribution in [0.4, 0.5) is 0 Å². The molecule has 0 N–H and O–H groups in total. The van der Waals surface area contributed by atoms with Crippen molar-refractivity contribution in [1.29, 1.82) is 0 Å². The first-order chi connectivity index (χ1) is 7.22. The molecule has 2 aromatic heterocycles. The molecule has 0 atom stereocenters. The summed E-state index contributed by atoms with van der Waals surface area (Å²) in [5, 5.41) is 0. The van der Waals surface area contributed by atoms with E-state index in [2.05, 4.69) is 4.98 Å². The normalized spacial score (nSPS) is 10.3. The highest BCUT2D eigenvalue weighted by atomic mass is 16.3. The monoisotopic (exact) mass is 201 g/mol. The molecule has 0 bridgehead atoms. The van der Waals surface area contributed by atoms with E-state index in [1.807, 2.05) is 19.9 Å². The van der Waals surface area contributed by atoms with Crippen molar-refractivity contribution in [3.8, 4) is 11.1 Å². The number of carbonyl (C=O) groups is 1. The first-order valence-corrected chi connectivity index (χ1v) is 4.68. The Morgan fingerprint density at radius 1 is 1.40 bits per heavy atom. The third kappa shape index (κ3) is 1.68. The Morgan fingerprint density at radius 2 is 2.20 bits per heavy atom. The van der Waals surface area contributed by atoms with Crippen molar-refractivity contribution in [3.63, 3.8) is 0 Å². The van der Waals surface area contributed by atoms with E-state index in [4.69, 9.17) is 4.42 Å². The van der Waals surface area contributed by atoms with Gasteiger partial charge in [0.25, 0.3) is 0 Å². The van der Waals surface area contributed by atoms with Crippen LogP contribution in [0.3, 0.4) is 0 Å². The summed E-state index contributed by atoms with van der Waals surface area (Å²) in [5.41, 5.74) is 3.80. The molecule has 0 aromatic carbocycles. The first kappa shape index (κ1) is 9.65. The minimum Gasteiger partial charge on any atom is -0.461 e. The predicted molar refractivity (Wildman–Crippen MR) is 56.8 cm³/mol. The van der Waals surface area contributed by atoms with Crippen molar-refractivity contribution in [3.05, 3.63) is 41.6 Å². The molecule has 2 aromatic rings. The summed E-state index contributed by atoms with van der Waals surface area (Å²) < 4.78 is 5.04. The average Bonchev–Trinajstić information content (AvgIpc) is 2.70. The molecule has 76 valence electrons. The Bertz CT molecular complexity index is 500. The molecule has 0 saturated heterocycles. The standard InChI is InChI=1S/C12H11NO2/c1-8-5-10(6-13-9(8)2)11-3-4-15-12(11)7-14/h3-7H,1-2H3. The van der Waals surface area contributed by atoms with E-state index in [-0.39, 0.29) is 0 Å². The summed E-state index contributed by atoms with van der Waals surface area (Å²) >= 11 is 0. The summed E-state index contributed by atoms with van der Waals surface area (Å²) in [6.45, 7) is 3.95. The largest absolute Gasteiger partial charge is 0.461 e. The second kappa shape index (κ2) is 3.69. The van der Waals surface area contributed by atoms with Gasteiger partial charge in [0.1, 0.15) is 0 Å². The van der Waals surface area contributed by atoms with Crippen molar-refractivity contribution in [2.24, 2.45) is 0 Å². The quantitative estimate of drug-likeness (QED) is 0.701. The smallest absolute Gasteiger partial charge is 0.185 e. The second-order valence-electron chi connectivity index (χ2n) is 3.44. The number of hydrogen-bond donors (Lipinski definition) is 0. The van der Waals surface area contributed by atoms with Gasteiger partial charge in [-0.2, -0.15) is 0 Å². The topological polar surface area (TPSA) is 43.1 Å². The molecule has 0 spiro atoms. The van der Waals surface area contributed by atoms with Gasteiger partial charge in [0.05, 0.1) is 6.26 Å². The molecule has 0 fully saturated rings. The molecule has 0 aliphatic rings. The van der Waals surface area contributed by atoms with Crippen molar-refractivity contribution >= 4 is 6.29 Å². The highest BCUT2D eigenvalue weighted by Gasteiger charge is 2.08. The van der Waals surface area contributed by atoms with Crippen LogP contribution in [0, 0.1) is 13.8 Å². The molecule has 3 heteroatoms. The van der Waals surface area contributed by atoms with Crippen molar-refractivity contribution < 1.29 is 9.21 Å². The number of hydrogen-bond acceptors (Lipinski definition) is 3. The van der Waals surface area contributed by atoms with Crippen LogP contribution in [0.5, 0.6) is 0 Å². The molecular formula is C12H11NO2. The van der Waals surface area contributed by atoms with E-state index in [0.717, 1.165) is 22.4 Å². The summed E-state index contributed by atoms with van der Waals surface area (Å²) in [4.78, 5) is 15.0. The van der Waals surface area contributed by atoms with Gasteiger partial charge in [0.15, 0.2) is 12.0 Å². The van der Waals surface area contributed by atoms with Crippen LogP contribution in [0.25, 0.3) is 11.1 Å². The van der Waals surface area contributed by atoms with E-state index in [1.165, 1.54) is 6.26 Å². The predicted octanol–water partition coefficient (Wildman–Crippen LogP) is 2.77. The minimum absolute atomic E-state index is 0.347. The fourth-order valence-corrected chi connectivity index (χ4v) is 1.44. The molecule has 0 radical (unpaired) electrons. The Kier molecular flexibility index (Phi) is 2.37. The number of aromatic nitrogens is 1. The van der Waals surface area contributed by atoms with Gasteiger partial charge in [-0.05, 0) is 31.5 Å². The Hall–Kier alpha value is -1.90. The molecule has 3 nitrogen and oxygen atoms in total. The lowest BCUT2D eigenvalue weighted by Crippen LogP contribution is -1.89. The second-order valence-corrected chi connectivity index (χ2v) is 3.44. The summed E-state index contributed by atoms with van der Waals surface area (Å²) in [6, 6.07) is 3.77. The number of carbonyl (C=O) groups excluding carboxylic acids is 1. The number of nitrogens with zero attached hydrogens (tertiary/aromatic N) is 1. The van der Waals surface area contributed by atoms with Crippen LogP contribution in [0.2, 0.25) is 0 Å². The lowest BCUT2D eigenvalue weighted by Gasteiger charge is -2.02. The summed E-state index contributed by atoms with van der Waals surface area (Å²) in [6.07, 6.45) is 3.97. The lowest BCUT2D eigenvalue weighted by molar-refractivity contribution is 0.110. The Morgan fingerprint density at radius 3 is 2.87 bits per heavy atom. The van der Waals surface area contributed by atoms with E-state index in [1.54, 1.807) is 12.3 Å². The van der Waals surface area contributed by atoms with E-state index in [9.17, 15) is 4.79 Å². The minimum atomic E-state index is 0.347. The van der Waals surface area contributed by atoms with E-state index >= 15 is 0 Å². The van der Waals surface area contributed by atoms with Gasteiger partial charge >= 0.3 is 0 Å². The Labute approximate surface area is 87.8 Å². The van der Waals surface area contributed by atoms with Crippen LogP contribution in [-0.4, -0.2) is 11.3 Å². The molecule has 0 amide bonds. The number of pyridine rings is 1. The fourth-order valence-electron chi connectivity index (χ4n) is 1.44. The van der Waals surface area contributed by atoms with Gasteiger partial charge in [0.2, 0.25) is 0 Å². The zero-order valence-electron chi connectivity index (χ0n) is 8.65. The third-order valence-electron chi connectivity index (χ3n) is 2.45. The number of aldehydes is 1. The van der Waals surface area contributed by atoms with Gasteiger partial charge in [-0.3, -0.25) is 9.78 Å². The van der Waals surface area contributed by atoms with E-state index < -0.39 is 0 Å². The maximum atomic E-state index is 10.7. The maximum absolute atomic E-state index is 10.7. The molecule has 0 aliphatic heterocycles. The van der Waals surface area contributed by atoms with Crippen LogP contribution in [0.1, 0.15) is 21.8 Å². The molecule has 0 unspecified atom stereocenters. The van der Waals surface area contributed by atoms with Crippen LogP contribution in [0.15, 0.2) is 29.0 Å². The van der Waals surface area contributed by atoms with Gasteiger partial charge < -0.3 is 4.42 Å². The number of furan rings is 1. The maximum Gasteiger partial charge on any atom is 0.185 e. The molecule has 0 aliphatic carbocycles. The van der Waals surface area contributed by atoms with Crippen LogP contribution >= 0.6 is 0 Å². The van der Waals surface area contributed by atoms with Gasteiger partial charge in [-0.25, -0.2) is 0 Å². The van der Waals surface area contributed by atoms with Crippen molar-refractivity contribution in [2.45, 2.75) is 13.8 Å². The van der Waals surface area contributed by atoms with Gasteiger partial charge in [-0.15, -0.1) is 0 Å². The molecule has 2 rings (SSSR count). The number of rotatable bonds is 2. The highest BCUT2D eigenvalue weighted by molar-refractivity contribution is 5.84. The molecule has 15 heavy (non-hydrogen) atoms. The fraction of sp³-hybridized carbons (Fsp3) is 0.167. The van der Waals surface area contributed by atoms with Gasteiger partial charge in [0, 0.05) is 23.0 Å². The number of aryl methyl sites for hydroxylation is 2. The average molecular weight is 201 g/mol. The van der Waals surface area contributed by atoms with Crippen LogP contribution < -0.4 is 0 Å².